The number of aromatic nitrogens is 2. The highest BCUT2D eigenvalue weighted by Crippen LogP contribution is 2.28. The van der Waals surface area contributed by atoms with E-state index in [1.807, 2.05) is 31.3 Å². The van der Waals surface area contributed by atoms with Crippen molar-refractivity contribution >= 4 is 22.7 Å². The molecule has 2 aromatic rings. The summed E-state index contributed by atoms with van der Waals surface area (Å²) in [7, 11) is 2.05. The summed E-state index contributed by atoms with van der Waals surface area (Å²) in [5.41, 5.74) is 6.69. The highest BCUT2D eigenvalue weighted by atomic mass is 16.5. The average Bonchev–Trinajstić information content (AvgIpc) is 2.83. The van der Waals surface area contributed by atoms with E-state index in [0.717, 1.165) is 29.7 Å². The zero-order valence-electron chi connectivity index (χ0n) is 11.2. The lowest BCUT2D eigenvalue weighted by Gasteiger charge is -2.28. The number of benzene rings is 1. The molecule has 3 rings (SSSR count). The Morgan fingerprint density at radius 2 is 2.11 bits per heavy atom. The number of anilines is 2. The van der Waals surface area contributed by atoms with E-state index in [0.29, 0.717) is 12.0 Å². The van der Waals surface area contributed by atoms with Gasteiger partial charge in [0.2, 0.25) is 5.95 Å². The van der Waals surface area contributed by atoms with Crippen LogP contribution in [0.1, 0.15) is 13.3 Å². The van der Waals surface area contributed by atoms with Gasteiger partial charge >= 0.3 is 0 Å². The molecule has 2 atom stereocenters. The Balaban J connectivity index is 2.08. The normalized spacial score (nSPS) is 22.8. The van der Waals surface area contributed by atoms with Crippen LogP contribution in [0, 0.1) is 0 Å². The number of nitrogens with two attached hydrogens (primary N) is 1. The Kier molecular flexibility index (Phi) is 2.98. The third-order valence-corrected chi connectivity index (χ3v) is 3.77. The summed E-state index contributed by atoms with van der Waals surface area (Å²) < 4.78 is 5.63. The molecule has 2 heterocycles. The third kappa shape index (κ3) is 2.10. The first-order valence-corrected chi connectivity index (χ1v) is 6.53. The van der Waals surface area contributed by atoms with Gasteiger partial charge in [-0.1, -0.05) is 12.1 Å². The van der Waals surface area contributed by atoms with Crippen molar-refractivity contribution in [2.24, 2.45) is 0 Å². The van der Waals surface area contributed by atoms with E-state index < -0.39 is 0 Å². The first kappa shape index (κ1) is 12.2. The lowest BCUT2D eigenvalue weighted by molar-refractivity contribution is 0.118. The number of nitrogen functional groups attached to an aromatic ring is 1. The van der Waals surface area contributed by atoms with Gasteiger partial charge < -0.3 is 15.4 Å². The molecule has 19 heavy (non-hydrogen) atoms. The van der Waals surface area contributed by atoms with Crippen molar-refractivity contribution in [2.45, 2.75) is 25.5 Å². The zero-order chi connectivity index (χ0) is 13.4. The molecule has 0 aliphatic carbocycles. The third-order valence-electron chi connectivity index (χ3n) is 3.77. The van der Waals surface area contributed by atoms with Gasteiger partial charge in [-0.25, -0.2) is 4.98 Å². The summed E-state index contributed by atoms with van der Waals surface area (Å²) in [4.78, 5) is 10.9. The standard InChI is InChI=1S/C14H18N4O/c1-9-12(7-8-19-9)18(2)13-10-5-3-4-6-11(10)16-14(15)17-13/h3-6,9,12H,7-8H2,1-2H3,(H2,15,16,17). The number of ether oxygens (including phenoxy) is 1. The molecule has 5 nitrogen and oxygen atoms in total. The van der Waals surface area contributed by atoms with Gasteiger partial charge in [-0.2, -0.15) is 4.98 Å². The summed E-state index contributed by atoms with van der Waals surface area (Å²) in [6.45, 7) is 2.90. The van der Waals surface area contributed by atoms with Crippen molar-refractivity contribution in [3.63, 3.8) is 0 Å². The molecule has 1 aromatic heterocycles. The zero-order valence-corrected chi connectivity index (χ0v) is 11.2. The first-order chi connectivity index (χ1) is 9.16. The fourth-order valence-corrected chi connectivity index (χ4v) is 2.73. The first-order valence-electron chi connectivity index (χ1n) is 6.53. The second-order valence-electron chi connectivity index (χ2n) is 4.97. The molecular weight excluding hydrogens is 240 g/mol. The monoisotopic (exact) mass is 258 g/mol. The predicted molar refractivity (Wildman–Crippen MR) is 76.2 cm³/mol. The van der Waals surface area contributed by atoms with Gasteiger partial charge in [-0.05, 0) is 25.5 Å². The van der Waals surface area contributed by atoms with E-state index >= 15 is 0 Å². The Morgan fingerprint density at radius 3 is 2.84 bits per heavy atom. The summed E-state index contributed by atoms with van der Waals surface area (Å²) in [6, 6.07) is 8.27. The molecule has 1 fully saturated rings. The predicted octanol–water partition coefficient (Wildman–Crippen LogP) is 1.83. The quantitative estimate of drug-likeness (QED) is 0.890. The number of para-hydroxylation sites is 1. The number of nitrogens with zero attached hydrogens (tertiary/aromatic N) is 3. The van der Waals surface area contributed by atoms with Gasteiger partial charge in [-0.3, -0.25) is 0 Å². The van der Waals surface area contributed by atoms with E-state index in [-0.39, 0.29) is 6.10 Å². The lowest BCUT2D eigenvalue weighted by Crippen LogP contribution is -2.37. The van der Waals surface area contributed by atoms with E-state index in [4.69, 9.17) is 10.5 Å². The van der Waals surface area contributed by atoms with Gasteiger partial charge in [0, 0.05) is 19.0 Å². The molecule has 0 bridgehead atoms. The van der Waals surface area contributed by atoms with Gasteiger partial charge in [0.15, 0.2) is 0 Å². The van der Waals surface area contributed by atoms with E-state index in [1.54, 1.807) is 0 Å². The van der Waals surface area contributed by atoms with Crippen molar-refractivity contribution in [2.75, 3.05) is 24.3 Å². The second-order valence-corrected chi connectivity index (χ2v) is 4.97. The Hall–Kier alpha value is -1.88. The fourth-order valence-electron chi connectivity index (χ4n) is 2.73. The molecule has 100 valence electrons. The molecule has 0 amide bonds. The van der Waals surface area contributed by atoms with Crippen molar-refractivity contribution in [1.29, 1.82) is 0 Å². The van der Waals surface area contributed by atoms with Crippen LogP contribution in [0.5, 0.6) is 0 Å². The van der Waals surface area contributed by atoms with Gasteiger partial charge in [0.05, 0.1) is 17.7 Å². The van der Waals surface area contributed by atoms with Crippen molar-refractivity contribution < 1.29 is 4.74 Å². The number of hydrogen-bond acceptors (Lipinski definition) is 5. The number of hydrogen-bond donors (Lipinski definition) is 1. The molecule has 5 heteroatoms. The largest absolute Gasteiger partial charge is 0.376 e. The molecule has 0 radical (unpaired) electrons. The van der Waals surface area contributed by atoms with Gasteiger partial charge in [0.25, 0.3) is 0 Å². The van der Waals surface area contributed by atoms with Crippen LogP contribution in [0.3, 0.4) is 0 Å². The molecular formula is C14H18N4O. The van der Waals surface area contributed by atoms with Crippen LogP contribution in [-0.4, -0.2) is 35.8 Å². The summed E-state index contributed by atoms with van der Waals surface area (Å²) in [6.07, 6.45) is 1.22. The number of likely N-dealkylation sites (N-methyl/N-ethyl adjacent to an activating group) is 1. The van der Waals surface area contributed by atoms with E-state index in [1.165, 1.54) is 0 Å². The van der Waals surface area contributed by atoms with E-state index in [9.17, 15) is 0 Å². The second kappa shape index (κ2) is 4.66. The fraction of sp³-hybridized carbons (Fsp3) is 0.429. The average molecular weight is 258 g/mol. The number of fused-ring (bicyclic) bond motifs is 1. The molecule has 1 aromatic carbocycles. The topological polar surface area (TPSA) is 64.3 Å². The molecule has 2 N–H and O–H groups in total. The highest BCUT2D eigenvalue weighted by molar-refractivity contribution is 5.90. The smallest absolute Gasteiger partial charge is 0.222 e. The Bertz CT molecular complexity index is 601. The maximum atomic E-state index is 5.82. The Labute approximate surface area is 112 Å². The highest BCUT2D eigenvalue weighted by Gasteiger charge is 2.29. The van der Waals surface area contributed by atoms with Crippen LogP contribution >= 0.6 is 0 Å². The minimum absolute atomic E-state index is 0.208. The van der Waals surface area contributed by atoms with Gasteiger partial charge in [0.1, 0.15) is 5.82 Å². The molecule has 1 aliphatic heterocycles. The van der Waals surface area contributed by atoms with Gasteiger partial charge in [-0.15, -0.1) is 0 Å². The Morgan fingerprint density at radius 1 is 1.32 bits per heavy atom. The molecule has 2 unspecified atom stereocenters. The van der Waals surface area contributed by atoms with Crippen LogP contribution in [0.2, 0.25) is 0 Å². The maximum absolute atomic E-state index is 5.82. The molecule has 0 saturated carbocycles. The van der Waals surface area contributed by atoms with E-state index in [2.05, 4.69) is 21.8 Å². The molecule has 1 saturated heterocycles. The van der Waals surface area contributed by atoms with Crippen LogP contribution in [0.25, 0.3) is 10.9 Å². The minimum atomic E-state index is 0.208. The summed E-state index contributed by atoms with van der Waals surface area (Å²) in [5, 5.41) is 1.03. The van der Waals surface area contributed by atoms with Crippen molar-refractivity contribution in [3.05, 3.63) is 24.3 Å². The molecule has 0 spiro atoms. The van der Waals surface area contributed by atoms with Crippen LogP contribution in [0.15, 0.2) is 24.3 Å². The number of rotatable bonds is 2. The van der Waals surface area contributed by atoms with Crippen LogP contribution < -0.4 is 10.6 Å². The minimum Gasteiger partial charge on any atom is -0.376 e. The lowest BCUT2D eigenvalue weighted by atomic mass is 10.1. The van der Waals surface area contributed by atoms with Crippen LogP contribution in [0.4, 0.5) is 11.8 Å². The molecule has 1 aliphatic rings. The SMILES string of the molecule is CC1OCCC1N(C)c1nc(N)nc2ccccc12. The van der Waals surface area contributed by atoms with Crippen LogP contribution in [-0.2, 0) is 4.74 Å². The summed E-state index contributed by atoms with van der Waals surface area (Å²) in [5.74, 6) is 1.19. The summed E-state index contributed by atoms with van der Waals surface area (Å²) >= 11 is 0. The van der Waals surface area contributed by atoms with Crippen molar-refractivity contribution in [3.8, 4) is 0 Å². The maximum Gasteiger partial charge on any atom is 0.222 e. The van der Waals surface area contributed by atoms with Crippen molar-refractivity contribution in [1.82, 2.24) is 9.97 Å².